The van der Waals surface area contributed by atoms with E-state index in [1.165, 1.54) is 12.0 Å². The number of ether oxygens (including phenoxy) is 2. The van der Waals surface area contributed by atoms with E-state index in [-0.39, 0.29) is 24.4 Å². The van der Waals surface area contributed by atoms with Gasteiger partial charge in [0.25, 0.3) is 0 Å². The van der Waals surface area contributed by atoms with Gasteiger partial charge in [-0.25, -0.2) is 4.79 Å². The van der Waals surface area contributed by atoms with Crippen LogP contribution in [0.1, 0.15) is 18.4 Å². The number of carbonyl (C=O) groups is 2. The predicted molar refractivity (Wildman–Crippen MR) is 95.5 cm³/mol. The standard InChI is InChI=1S/C17H24N2O5.ClH/c1-23-16(20)7-4-13-2-5-15(6-3-13)24-11-8-14-12-19(17(21)22)10-9-18-14;/h2-3,5-6,14,18H,4,7-12H2,1H3,(H,21,22);1H/t14-;/m1./s1. The zero-order chi connectivity index (χ0) is 17.4. The number of hydrogen-bond acceptors (Lipinski definition) is 5. The number of aryl methyl sites for hydroxylation is 1. The van der Waals surface area contributed by atoms with Crippen molar-refractivity contribution in [1.82, 2.24) is 10.2 Å². The molecule has 2 rings (SSSR count). The Kier molecular flexibility index (Phi) is 9.08. The molecular weight excluding hydrogens is 348 g/mol. The lowest BCUT2D eigenvalue weighted by Crippen LogP contribution is -2.52. The monoisotopic (exact) mass is 372 g/mol. The lowest BCUT2D eigenvalue weighted by molar-refractivity contribution is -0.140. The van der Waals surface area contributed by atoms with Gasteiger partial charge < -0.3 is 24.8 Å². The van der Waals surface area contributed by atoms with Gasteiger partial charge in [0, 0.05) is 32.1 Å². The number of nitrogens with one attached hydrogen (secondary N) is 1. The summed E-state index contributed by atoms with van der Waals surface area (Å²) in [7, 11) is 1.39. The molecular formula is C17H25ClN2O5. The number of carboxylic acid groups (broad SMARTS) is 1. The second-order valence-corrected chi connectivity index (χ2v) is 5.74. The summed E-state index contributed by atoms with van der Waals surface area (Å²) in [5.74, 6) is 0.549. The van der Waals surface area contributed by atoms with Crippen molar-refractivity contribution in [3.63, 3.8) is 0 Å². The Hall–Kier alpha value is -1.99. The molecule has 8 heteroatoms. The predicted octanol–water partition coefficient (Wildman–Crippen LogP) is 1.93. The lowest BCUT2D eigenvalue weighted by atomic mass is 10.1. The maximum Gasteiger partial charge on any atom is 0.407 e. The van der Waals surface area contributed by atoms with E-state index in [0.29, 0.717) is 39.1 Å². The largest absolute Gasteiger partial charge is 0.494 e. The summed E-state index contributed by atoms with van der Waals surface area (Å²) in [5, 5.41) is 12.3. The molecule has 0 saturated carbocycles. The number of piperazine rings is 1. The third-order valence-corrected chi connectivity index (χ3v) is 4.03. The van der Waals surface area contributed by atoms with Gasteiger partial charge in [-0.1, -0.05) is 12.1 Å². The van der Waals surface area contributed by atoms with Gasteiger partial charge in [-0.05, 0) is 30.5 Å². The molecule has 0 bridgehead atoms. The summed E-state index contributed by atoms with van der Waals surface area (Å²) >= 11 is 0. The average molecular weight is 373 g/mol. The quantitative estimate of drug-likeness (QED) is 0.711. The van der Waals surface area contributed by atoms with Crippen LogP contribution in [0.4, 0.5) is 4.79 Å². The molecule has 0 radical (unpaired) electrons. The number of rotatable bonds is 7. The molecule has 1 aromatic carbocycles. The molecule has 1 aliphatic heterocycles. The van der Waals surface area contributed by atoms with Crippen LogP contribution in [-0.2, 0) is 16.0 Å². The smallest absolute Gasteiger partial charge is 0.407 e. The molecule has 1 fully saturated rings. The van der Waals surface area contributed by atoms with Crippen molar-refractivity contribution in [3.8, 4) is 5.75 Å². The summed E-state index contributed by atoms with van der Waals surface area (Å²) in [6.45, 7) is 2.21. The first-order chi connectivity index (χ1) is 11.6. The van der Waals surface area contributed by atoms with Crippen molar-refractivity contribution in [2.24, 2.45) is 0 Å². The fourth-order valence-electron chi connectivity index (χ4n) is 2.61. The number of halogens is 1. The lowest BCUT2D eigenvalue weighted by Gasteiger charge is -2.31. The molecule has 140 valence electrons. The molecule has 0 aromatic heterocycles. The van der Waals surface area contributed by atoms with Crippen LogP contribution in [0, 0.1) is 0 Å². The minimum atomic E-state index is -0.870. The number of amides is 1. The Morgan fingerprint density at radius 1 is 1.32 bits per heavy atom. The second-order valence-electron chi connectivity index (χ2n) is 5.74. The van der Waals surface area contributed by atoms with E-state index in [1.807, 2.05) is 24.3 Å². The van der Waals surface area contributed by atoms with Gasteiger partial charge in [0.2, 0.25) is 0 Å². The van der Waals surface area contributed by atoms with Crippen molar-refractivity contribution in [2.45, 2.75) is 25.3 Å². The summed E-state index contributed by atoms with van der Waals surface area (Å²) in [5.41, 5.74) is 1.05. The van der Waals surface area contributed by atoms with E-state index in [0.717, 1.165) is 17.7 Å². The minimum Gasteiger partial charge on any atom is -0.494 e. The first-order valence-corrected chi connectivity index (χ1v) is 8.08. The van der Waals surface area contributed by atoms with Crippen molar-refractivity contribution in [3.05, 3.63) is 29.8 Å². The van der Waals surface area contributed by atoms with E-state index in [2.05, 4.69) is 10.1 Å². The van der Waals surface area contributed by atoms with E-state index in [4.69, 9.17) is 9.84 Å². The van der Waals surface area contributed by atoms with Gasteiger partial charge in [0.15, 0.2) is 0 Å². The Morgan fingerprint density at radius 2 is 2.04 bits per heavy atom. The molecule has 1 heterocycles. The maximum atomic E-state index is 11.1. The molecule has 1 aromatic rings. The first-order valence-electron chi connectivity index (χ1n) is 8.08. The molecule has 7 nitrogen and oxygen atoms in total. The van der Waals surface area contributed by atoms with Crippen LogP contribution in [0.25, 0.3) is 0 Å². The highest BCUT2D eigenvalue weighted by atomic mass is 35.5. The van der Waals surface area contributed by atoms with Crippen LogP contribution >= 0.6 is 12.4 Å². The van der Waals surface area contributed by atoms with Crippen molar-refractivity contribution < 1.29 is 24.2 Å². The van der Waals surface area contributed by atoms with Gasteiger partial charge in [-0.2, -0.15) is 0 Å². The van der Waals surface area contributed by atoms with Crippen LogP contribution in [0.5, 0.6) is 5.75 Å². The summed E-state index contributed by atoms with van der Waals surface area (Å²) in [6.07, 6.45) is 0.882. The van der Waals surface area contributed by atoms with Crippen LogP contribution in [0.15, 0.2) is 24.3 Å². The number of hydrogen-bond donors (Lipinski definition) is 2. The van der Waals surface area contributed by atoms with E-state index in [1.54, 1.807) is 0 Å². The zero-order valence-electron chi connectivity index (χ0n) is 14.3. The molecule has 1 saturated heterocycles. The topological polar surface area (TPSA) is 88.1 Å². The Bertz CT molecular complexity index is 552. The summed E-state index contributed by atoms with van der Waals surface area (Å²) < 4.78 is 10.3. The minimum absolute atomic E-state index is 0. The van der Waals surface area contributed by atoms with Gasteiger partial charge in [0.1, 0.15) is 5.75 Å². The number of nitrogens with zero attached hydrogens (tertiary/aromatic N) is 1. The van der Waals surface area contributed by atoms with Gasteiger partial charge in [0.05, 0.1) is 13.7 Å². The van der Waals surface area contributed by atoms with Crippen molar-refractivity contribution >= 4 is 24.5 Å². The number of carbonyl (C=O) groups excluding carboxylic acids is 1. The Morgan fingerprint density at radius 3 is 2.68 bits per heavy atom. The molecule has 1 aliphatic rings. The van der Waals surface area contributed by atoms with Crippen LogP contribution < -0.4 is 10.1 Å². The summed E-state index contributed by atoms with van der Waals surface area (Å²) in [4.78, 5) is 23.5. The number of benzene rings is 1. The second kappa shape index (κ2) is 10.8. The average Bonchev–Trinajstić information content (AvgIpc) is 2.61. The first kappa shape index (κ1) is 21.1. The molecule has 0 unspecified atom stereocenters. The van der Waals surface area contributed by atoms with E-state index < -0.39 is 6.09 Å². The number of methoxy groups -OCH3 is 1. The van der Waals surface area contributed by atoms with Crippen LogP contribution in [-0.4, -0.2) is 61.5 Å². The van der Waals surface area contributed by atoms with Crippen molar-refractivity contribution in [2.75, 3.05) is 33.4 Å². The SMILES string of the molecule is COC(=O)CCc1ccc(OCC[C@@H]2CN(C(=O)O)CCN2)cc1.Cl. The summed E-state index contributed by atoms with van der Waals surface area (Å²) in [6, 6.07) is 7.75. The molecule has 0 aliphatic carbocycles. The highest BCUT2D eigenvalue weighted by Crippen LogP contribution is 2.14. The zero-order valence-corrected chi connectivity index (χ0v) is 15.1. The van der Waals surface area contributed by atoms with Gasteiger partial charge >= 0.3 is 12.1 Å². The van der Waals surface area contributed by atoms with Crippen LogP contribution in [0.2, 0.25) is 0 Å². The van der Waals surface area contributed by atoms with E-state index in [9.17, 15) is 9.59 Å². The van der Waals surface area contributed by atoms with Gasteiger partial charge in [-0.3, -0.25) is 4.79 Å². The fraction of sp³-hybridized carbons (Fsp3) is 0.529. The molecule has 1 amide bonds. The van der Waals surface area contributed by atoms with E-state index >= 15 is 0 Å². The number of esters is 1. The molecule has 0 spiro atoms. The molecule has 25 heavy (non-hydrogen) atoms. The highest BCUT2D eigenvalue weighted by Gasteiger charge is 2.22. The third-order valence-electron chi connectivity index (χ3n) is 4.03. The Labute approximate surface area is 153 Å². The van der Waals surface area contributed by atoms with Crippen molar-refractivity contribution in [1.29, 1.82) is 0 Å². The fourth-order valence-corrected chi connectivity index (χ4v) is 2.61. The maximum absolute atomic E-state index is 11.1. The van der Waals surface area contributed by atoms with Crippen LogP contribution in [0.3, 0.4) is 0 Å². The van der Waals surface area contributed by atoms with Gasteiger partial charge in [-0.15, -0.1) is 12.4 Å². The molecule has 1 atom stereocenters. The third kappa shape index (κ3) is 7.19. The Balaban J connectivity index is 0.00000312. The highest BCUT2D eigenvalue weighted by molar-refractivity contribution is 5.85. The normalized spacial score (nSPS) is 16.7. The molecule has 2 N–H and O–H groups in total.